The van der Waals surface area contributed by atoms with Crippen LogP contribution in [0.15, 0.2) is 344 Å². The summed E-state index contributed by atoms with van der Waals surface area (Å²) in [5, 5.41) is 0. The molecule has 4 heterocycles. The van der Waals surface area contributed by atoms with Gasteiger partial charge in [-0.2, -0.15) is 0 Å². The van der Waals surface area contributed by atoms with Crippen molar-refractivity contribution in [2.24, 2.45) is 17.8 Å². The number of aromatic nitrogens is 6. The zero-order valence-electron chi connectivity index (χ0n) is 61.3. The van der Waals surface area contributed by atoms with Gasteiger partial charge in [-0.15, -0.1) is 0 Å². The number of para-hydroxylation sites is 2. The number of fused-ring (bicyclic) bond motifs is 15. The minimum absolute atomic E-state index is 0.0778. The highest BCUT2D eigenvalue weighted by molar-refractivity contribution is 5.95. The summed E-state index contributed by atoms with van der Waals surface area (Å²) >= 11 is 0. The SMILES string of the molecule is CC1=C(/C=C(\C)c2ccccc2-c2nc(-c3ccccc3)nc(-c3ccccc3-c3ccccc3)n2)C2(c3ccccc3O1)c1ccccc1-c1c(C3C=CC=C(c4nc(C5=CCC(C)C=C5)nc(-c5ccccc5C5=CC6=C(CC5C)Oc5ccccc5C65c6ccccc6-c6ccccc65)n4)C3C)cccc12. The summed E-state index contributed by atoms with van der Waals surface area (Å²) in [5.41, 5.74) is 26.4. The minimum Gasteiger partial charge on any atom is -0.461 e. The van der Waals surface area contributed by atoms with Crippen molar-refractivity contribution in [3.63, 3.8) is 0 Å². The molecule has 109 heavy (non-hydrogen) atoms. The molecule has 5 atom stereocenters. The largest absolute Gasteiger partial charge is 0.461 e. The second kappa shape index (κ2) is 26.2. The van der Waals surface area contributed by atoms with Crippen LogP contribution in [0.3, 0.4) is 0 Å². The first-order chi connectivity index (χ1) is 53.6. The molecule has 2 spiro atoms. The normalized spacial score (nSPS) is 19.5. The predicted octanol–water partition coefficient (Wildman–Crippen LogP) is 23.9. The van der Waals surface area contributed by atoms with Gasteiger partial charge in [0.15, 0.2) is 34.9 Å². The van der Waals surface area contributed by atoms with Crippen molar-refractivity contribution in [1.29, 1.82) is 0 Å². The Bertz CT molecular complexity index is 6180. The molecule has 0 bridgehead atoms. The Hall–Kier alpha value is -13.0. The van der Waals surface area contributed by atoms with Crippen LogP contribution in [0.4, 0.5) is 0 Å². The Balaban J connectivity index is 0.702. The summed E-state index contributed by atoms with van der Waals surface area (Å²) in [7, 11) is 0. The molecule has 2 aliphatic heterocycles. The minimum atomic E-state index is -0.798. The molecule has 20 rings (SSSR count). The molecule has 8 heteroatoms. The first-order valence-corrected chi connectivity index (χ1v) is 38.1. The Morgan fingerprint density at radius 2 is 0.927 bits per heavy atom. The number of hydrogen-bond donors (Lipinski definition) is 0. The monoisotopic (exact) mass is 1400 g/mol. The van der Waals surface area contributed by atoms with E-state index in [2.05, 4.69) is 332 Å². The van der Waals surface area contributed by atoms with Crippen molar-refractivity contribution in [1.82, 2.24) is 29.9 Å². The number of allylic oxidation sites excluding steroid dienone is 16. The van der Waals surface area contributed by atoms with Gasteiger partial charge in [0.25, 0.3) is 0 Å². The molecule has 0 fully saturated rings. The second-order valence-corrected chi connectivity index (χ2v) is 30.0. The molecule has 5 aliphatic carbocycles. The van der Waals surface area contributed by atoms with Crippen LogP contribution in [0.5, 0.6) is 11.5 Å². The molecule has 2 aromatic heterocycles. The van der Waals surface area contributed by atoms with Gasteiger partial charge >= 0.3 is 0 Å². The Labute approximate surface area is 636 Å². The third kappa shape index (κ3) is 10.4. The fourth-order valence-corrected chi connectivity index (χ4v) is 18.7. The van der Waals surface area contributed by atoms with Crippen molar-refractivity contribution in [2.75, 3.05) is 0 Å². The van der Waals surface area contributed by atoms with Gasteiger partial charge < -0.3 is 9.47 Å². The summed E-state index contributed by atoms with van der Waals surface area (Å²) in [5.74, 6) is 7.67. The molecule has 0 amide bonds. The predicted molar refractivity (Wildman–Crippen MR) is 440 cm³/mol. The topological polar surface area (TPSA) is 95.8 Å². The van der Waals surface area contributed by atoms with Gasteiger partial charge in [-0.05, 0) is 140 Å². The van der Waals surface area contributed by atoms with E-state index in [1.165, 1.54) is 61.2 Å². The number of hydrogen-bond acceptors (Lipinski definition) is 8. The Kier molecular flexibility index (Phi) is 15.7. The molecule has 11 aromatic carbocycles. The van der Waals surface area contributed by atoms with Gasteiger partial charge in [0.1, 0.15) is 23.0 Å². The number of nitrogens with zero attached hydrogens (tertiary/aromatic N) is 6. The molecule has 0 saturated heterocycles. The van der Waals surface area contributed by atoms with Crippen LogP contribution in [-0.2, 0) is 10.8 Å². The number of rotatable bonds is 11. The maximum Gasteiger partial charge on any atom is 0.164 e. The van der Waals surface area contributed by atoms with Crippen molar-refractivity contribution in [2.45, 2.75) is 64.2 Å². The molecular weight excluding hydrogens is 1330 g/mol. The maximum atomic E-state index is 7.09. The van der Waals surface area contributed by atoms with Crippen LogP contribution in [0, 0.1) is 17.8 Å². The summed E-state index contributed by atoms with van der Waals surface area (Å²) in [6.45, 7) is 11.3. The molecule has 13 aromatic rings. The maximum absolute atomic E-state index is 7.09. The standard InChI is InChI=1S/C101H76N6O2/c1-61-54-56-68(57-55-61)95-102-96(106-99(105-95)79-41-17-14-36-73(79)81-60-89-92(59-63(81)3)109-91-53-27-25-50-86(91)100(89)82-46-21-18-37-74(82)75-38-19-22-47-83(75)100)71-44-28-43-70(64(71)4)76-45-29-51-87-93(76)80-42-20-23-48-84(80)101(87)85-49-24-26-52-90(85)108-65(5)88(101)58-62(2)69-34-12-15-39-77(69)97-103-94(67-32-10-7-11-33-67)104-98(107-97)78-40-16-13-35-72(78)66-30-8-6-9-31-66/h6-54,56-58,60-61,63-64,70H,55,59H2,1-5H3/b62-58+. The fourth-order valence-electron chi connectivity index (χ4n) is 18.7. The lowest BCUT2D eigenvalue weighted by Crippen LogP contribution is -2.36. The van der Waals surface area contributed by atoms with Crippen LogP contribution in [0.25, 0.3) is 101 Å². The van der Waals surface area contributed by atoms with Crippen LogP contribution in [-0.4, -0.2) is 29.9 Å². The van der Waals surface area contributed by atoms with E-state index in [4.69, 9.17) is 39.4 Å². The lowest BCUT2D eigenvalue weighted by molar-refractivity contribution is 0.351. The van der Waals surface area contributed by atoms with Crippen LogP contribution in [0.1, 0.15) is 115 Å². The molecule has 0 saturated carbocycles. The Morgan fingerprint density at radius 3 is 1.61 bits per heavy atom. The van der Waals surface area contributed by atoms with E-state index in [0.717, 1.165) is 114 Å². The van der Waals surface area contributed by atoms with Gasteiger partial charge in [0, 0.05) is 68.0 Å². The molecule has 522 valence electrons. The van der Waals surface area contributed by atoms with E-state index in [1.54, 1.807) is 0 Å². The highest BCUT2D eigenvalue weighted by atomic mass is 16.5. The lowest BCUT2D eigenvalue weighted by Gasteiger charge is -2.43. The Morgan fingerprint density at radius 1 is 0.422 bits per heavy atom. The van der Waals surface area contributed by atoms with E-state index in [9.17, 15) is 0 Å². The highest BCUT2D eigenvalue weighted by Gasteiger charge is 2.54. The van der Waals surface area contributed by atoms with Gasteiger partial charge in [-0.1, -0.05) is 324 Å². The number of ether oxygens (including phenoxy) is 2. The fraction of sp³-hybridized carbons (Fsp3) is 0.129. The quantitative estimate of drug-likeness (QED) is 0.126. The van der Waals surface area contributed by atoms with Crippen LogP contribution in [0.2, 0.25) is 0 Å². The van der Waals surface area contributed by atoms with Crippen molar-refractivity contribution >= 4 is 22.3 Å². The van der Waals surface area contributed by atoms with E-state index >= 15 is 0 Å². The third-order valence-corrected chi connectivity index (χ3v) is 23.7. The van der Waals surface area contributed by atoms with Crippen molar-refractivity contribution in [3.8, 4) is 90.4 Å². The summed E-state index contributed by atoms with van der Waals surface area (Å²) in [6, 6.07) is 97.7. The zero-order chi connectivity index (χ0) is 73.1. The van der Waals surface area contributed by atoms with E-state index in [1.807, 2.05) is 24.3 Å². The van der Waals surface area contributed by atoms with Crippen molar-refractivity contribution < 1.29 is 9.47 Å². The van der Waals surface area contributed by atoms with E-state index < -0.39 is 10.8 Å². The zero-order valence-corrected chi connectivity index (χ0v) is 61.3. The smallest absolute Gasteiger partial charge is 0.164 e. The van der Waals surface area contributed by atoms with Gasteiger partial charge in [-0.3, -0.25) is 0 Å². The average molecular weight is 1410 g/mol. The molecule has 0 N–H and O–H groups in total. The van der Waals surface area contributed by atoms with E-state index in [-0.39, 0.29) is 17.8 Å². The van der Waals surface area contributed by atoms with Crippen LogP contribution >= 0.6 is 0 Å². The molecule has 5 unspecified atom stereocenters. The average Bonchev–Trinajstić information content (AvgIpc) is 1.55. The van der Waals surface area contributed by atoms with Gasteiger partial charge in [0.2, 0.25) is 0 Å². The van der Waals surface area contributed by atoms with E-state index in [0.29, 0.717) is 40.9 Å². The number of benzene rings is 11. The first kappa shape index (κ1) is 65.5. The van der Waals surface area contributed by atoms with Gasteiger partial charge in [0.05, 0.1) is 10.8 Å². The highest BCUT2D eigenvalue weighted by Crippen LogP contribution is 2.65. The summed E-state index contributed by atoms with van der Waals surface area (Å²) < 4.78 is 14.2. The molecule has 0 radical (unpaired) electrons. The summed E-state index contributed by atoms with van der Waals surface area (Å²) in [4.78, 5) is 32.8. The van der Waals surface area contributed by atoms with Crippen molar-refractivity contribution in [3.05, 3.63) is 406 Å². The first-order valence-electron chi connectivity index (χ1n) is 38.1. The lowest BCUT2D eigenvalue weighted by atomic mass is 9.63. The molecule has 7 aliphatic rings. The van der Waals surface area contributed by atoms with Gasteiger partial charge in [-0.25, -0.2) is 29.9 Å². The van der Waals surface area contributed by atoms with Crippen LogP contribution < -0.4 is 9.47 Å². The molecule has 8 nitrogen and oxygen atoms in total. The summed E-state index contributed by atoms with van der Waals surface area (Å²) in [6.07, 6.45) is 20.1. The second-order valence-electron chi connectivity index (χ2n) is 30.0. The third-order valence-electron chi connectivity index (χ3n) is 23.7. The molecular formula is C101H76N6O2.